The van der Waals surface area contributed by atoms with Gasteiger partial charge in [-0.05, 0) is 49.6 Å². The van der Waals surface area contributed by atoms with Gasteiger partial charge in [0.15, 0.2) is 5.96 Å². The number of carbonyl (C=O) groups is 1. The molecule has 1 aliphatic rings. The Kier molecular flexibility index (Phi) is 9.12. The summed E-state index contributed by atoms with van der Waals surface area (Å²) in [7, 11) is 0. The Morgan fingerprint density at radius 3 is 2.71 bits per heavy atom. The van der Waals surface area contributed by atoms with Crippen LogP contribution in [0.15, 0.2) is 52.1 Å². The van der Waals surface area contributed by atoms with Gasteiger partial charge in [0.2, 0.25) is 0 Å². The van der Waals surface area contributed by atoms with Crippen LogP contribution in [0.4, 0.5) is 10.5 Å². The number of nitrogens with one attached hydrogen (secondary N) is 3. The van der Waals surface area contributed by atoms with E-state index in [1.807, 2.05) is 48.2 Å². The van der Waals surface area contributed by atoms with Crippen LogP contribution in [0, 0.1) is 0 Å². The molecule has 152 valence electrons. The number of amides is 2. The molecular formula is C20H28IN5O2. The molecule has 0 radical (unpaired) electrons. The lowest BCUT2D eigenvalue weighted by Gasteiger charge is -2.16. The third-order valence-electron chi connectivity index (χ3n) is 4.35. The topological polar surface area (TPSA) is 81.9 Å². The number of aliphatic imine (C=N–C) groups is 1. The van der Waals surface area contributed by atoms with E-state index in [9.17, 15) is 4.79 Å². The Bertz CT molecular complexity index is 758. The van der Waals surface area contributed by atoms with E-state index in [2.05, 4.69) is 20.9 Å². The van der Waals surface area contributed by atoms with Crippen LogP contribution < -0.4 is 16.0 Å². The van der Waals surface area contributed by atoms with Gasteiger partial charge in [-0.15, -0.1) is 24.0 Å². The van der Waals surface area contributed by atoms with Gasteiger partial charge in [0.05, 0.1) is 19.4 Å². The predicted octanol–water partition coefficient (Wildman–Crippen LogP) is 3.78. The van der Waals surface area contributed by atoms with Crippen molar-refractivity contribution in [3.05, 3.63) is 54.0 Å². The third kappa shape index (κ3) is 6.74. The average molecular weight is 497 g/mol. The number of carbonyl (C=O) groups excluding carboxylic acids is 1. The Labute approximate surface area is 183 Å². The lowest BCUT2D eigenvalue weighted by Crippen LogP contribution is -2.36. The maximum atomic E-state index is 12.2. The van der Waals surface area contributed by atoms with Crippen molar-refractivity contribution in [2.75, 3.05) is 25.0 Å². The molecule has 1 aromatic heterocycles. The van der Waals surface area contributed by atoms with Crippen molar-refractivity contribution in [2.24, 2.45) is 4.99 Å². The number of guanidine groups is 1. The fourth-order valence-electron chi connectivity index (χ4n) is 2.97. The summed E-state index contributed by atoms with van der Waals surface area (Å²) in [5, 5.41) is 9.44. The maximum absolute atomic E-state index is 12.2. The summed E-state index contributed by atoms with van der Waals surface area (Å²) in [6.07, 6.45) is 3.82. The SMILES string of the molecule is CCNC(=NCc1cccc(NC(=O)N2CCCC2)c1)NCc1ccco1.I. The van der Waals surface area contributed by atoms with Crippen molar-refractivity contribution >= 4 is 41.7 Å². The highest BCUT2D eigenvalue weighted by atomic mass is 127. The van der Waals surface area contributed by atoms with Gasteiger partial charge in [0.1, 0.15) is 5.76 Å². The van der Waals surface area contributed by atoms with Crippen molar-refractivity contribution in [1.29, 1.82) is 0 Å². The van der Waals surface area contributed by atoms with Crippen LogP contribution in [0.5, 0.6) is 0 Å². The summed E-state index contributed by atoms with van der Waals surface area (Å²) in [6.45, 7) is 5.56. The lowest BCUT2D eigenvalue weighted by atomic mass is 10.2. The number of halogens is 1. The number of urea groups is 1. The minimum atomic E-state index is -0.0263. The molecule has 0 saturated carbocycles. The average Bonchev–Trinajstić information content (AvgIpc) is 3.38. The van der Waals surface area contributed by atoms with Gasteiger partial charge in [0, 0.05) is 25.3 Å². The molecule has 3 N–H and O–H groups in total. The first-order chi connectivity index (χ1) is 13.2. The summed E-state index contributed by atoms with van der Waals surface area (Å²) in [5.74, 6) is 1.58. The molecule has 3 rings (SSSR count). The third-order valence-corrected chi connectivity index (χ3v) is 4.35. The van der Waals surface area contributed by atoms with E-state index in [4.69, 9.17) is 4.42 Å². The number of nitrogens with zero attached hydrogens (tertiary/aromatic N) is 2. The second-order valence-electron chi connectivity index (χ2n) is 6.45. The number of hydrogen-bond donors (Lipinski definition) is 3. The number of furan rings is 1. The van der Waals surface area contributed by atoms with E-state index in [1.54, 1.807) is 6.26 Å². The molecule has 8 heteroatoms. The van der Waals surface area contributed by atoms with Gasteiger partial charge in [0.25, 0.3) is 0 Å². The highest BCUT2D eigenvalue weighted by molar-refractivity contribution is 14.0. The van der Waals surface area contributed by atoms with E-state index < -0.39 is 0 Å². The van der Waals surface area contributed by atoms with E-state index in [0.717, 1.165) is 55.4 Å². The van der Waals surface area contributed by atoms with Crippen LogP contribution in [0.2, 0.25) is 0 Å². The minimum absolute atomic E-state index is 0. The molecule has 1 saturated heterocycles. The van der Waals surface area contributed by atoms with Crippen molar-refractivity contribution in [1.82, 2.24) is 15.5 Å². The van der Waals surface area contributed by atoms with Crippen LogP contribution in [-0.2, 0) is 13.1 Å². The van der Waals surface area contributed by atoms with Crippen LogP contribution >= 0.6 is 24.0 Å². The Balaban J connectivity index is 0.00000280. The van der Waals surface area contributed by atoms with Crippen LogP contribution in [0.1, 0.15) is 31.1 Å². The lowest BCUT2D eigenvalue weighted by molar-refractivity contribution is 0.222. The van der Waals surface area contributed by atoms with E-state index in [-0.39, 0.29) is 30.0 Å². The summed E-state index contributed by atoms with van der Waals surface area (Å²) in [5.41, 5.74) is 1.83. The normalized spacial score (nSPS) is 13.8. The monoisotopic (exact) mass is 497 g/mol. The molecule has 7 nitrogen and oxygen atoms in total. The molecule has 0 atom stereocenters. The molecule has 28 heavy (non-hydrogen) atoms. The van der Waals surface area contributed by atoms with Crippen LogP contribution in [0.3, 0.4) is 0 Å². The van der Waals surface area contributed by atoms with Gasteiger partial charge in [-0.2, -0.15) is 0 Å². The number of likely N-dealkylation sites (tertiary alicyclic amines) is 1. The van der Waals surface area contributed by atoms with Crippen molar-refractivity contribution < 1.29 is 9.21 Å². The van der Waals surface area contributed by atoms with E-state index >= 15 is 0 Å². The number of anilines is 1. The molecule has 0 aliphatic carbocycles. The number of benzene rings is 1. The minimum Gasteiger partial charge on any atom is -0.467 e. The summed E-state index contributed by atoms with van der Waals surface area (Å²) in [6, 6.07) is 11.6. The first kappa shape index (κ1) is 22.1. The summed E-state index contributed by atoms with van der Waals surface area (Å²) in [4.78, 5) is 18.7. The maximum Gasteiger partial charge on any atom is 0.321 e. The molecule has 2 heterocycles. The quantitative estimate of drug-likeness (QED) is 0.323. The highest BCUT2D eigenvalue weighted by Crippen LogP contribution is 2.14. The summed E-state index contributed by atoms with van der Waals surface area (Å²) < 4.78 is 5.33. The zero-order valence-electron chi connectivity index (χ0n) is 16.1. The molecule has 1 aliphatic heterocycles. The van der Waals surface area contributed by atoms with E-state index in [0.29, 0.717) is 13.1 Å². The van der Waals surface area contributed by atoms with Crippen molar-refractivity contribution in [2.45, 2.75) is 32.9 Å². The smallest absolute Gasteiger partial charge is 0.321 e. The molecule has 1 aromatic carbocycles. The standard InChI is InChI=1S/C20H27N5O2.HI/c1-2-21-19(23-15-18-9-6-12-27-18)22-14-16-7-5-8-17(13-16)24-20(26)25-10-3-4-11-25;/h5-9,12-13H,2-4,10-11,14-15H2,1H3,(H,24,26)(H2,21,22,23);1H. The van der Waals surface area contributed by atoms with Gasteiger partial charge < -0.3 is 25.3 Å². The zero-order chi connectivity index (χ0) is 18.9. The Morgan fingerprint density at radius 2 is 2.00 bits per heavy atom. The molecule has 0 bridgehead atoms. The molecule has 1 fully saturated rings. The van der Waals surface area contributed by atoms with Crippen LogP contribution in [-0.4, -0.2) is 36.5 Å². The second kappa shape index (κ2) is 11.6. The molecule has 0 unspecified atom stereocenters. The second-order valence-corrected chi connectivity index (χ2v) is 6.45. The molecule has 2 amide bonds. The van der Waals surface area contributed by atoms with Crippen molar-refractivity contribution in [3.8, 4) is 0 Å². The fraction of sp³-hybridized carbons (Fsp3) is 0.400. The summed E-state index contributed by atoms with van der Waals surface area (Å²) >= 11 is 0. The number of rotatable bonds is 6. The van der Waals surface area contributed by atoms with E-state index in [1.165, 1.54) is 0 Å². The molecular weight excluding hydrogens is 469 g/mol. The Morgan fingerprint density at radius 1 is 1.18 bits per heavy atom. The highest BCUT2D eigenvalue weighted by Gasteiger charge is 2.17. The first-order valence-corrected chi connectivity index (χ1v) is 9.44. The zero-order valence-corrected chi connectivity index (χ0v) is 18.4. The van der Waals surface area contributed by atoms with Gasteiger partial charge in [-0.3, -0.25) is 0 Å². The van der Waals surface area contributed by atoms with Crippen molar-refractivity contribution in [3.63, 3.8) is 0 Å². The first-order valence-electron chi connectivity index (χ1n) is 9.44. The largest absolute Gasteiger partial charge is 0.467 e. The van der Waals surface area contributed by atoms with Crippen LogP contribution in [0.25, 0.3) is 0 Å². The molecule has 2 aromatic rings. The fourth-order valence-corrected chi connectivity index (χ4v) is 2.97. The molecule has 0 spiro atoms. The van der Waals surface area contributed by atoms with Gasteiger partial charge in [-0.1, -0.05) is 12.1 Å². The van der Waals surface area contributed by atoms with Gasteiger partial charge in [-0.25, -0.2) is 9.79 Å². The Hall–Kier alpha value is -2.23. The van der Waals surface area contributed by atoms with Gasteiger partial charge >= 0.3 is 6.03 Å². The predicted molar refractivity (Wildman–Crippen MR) is 122 cm³/mol. The number of hydrogen-bond acceptors (Lipinski definition) is 3.